The number of carboxylic acid groups (broad SMARTS) is 1. The van der Waals surface area contributed by atoms with Crippen molar-refractivity contribution in [2.45, 2.75) is 20.0 Å². The minimum atomic E-state index is -1.35. The van der Waals surface area contributed by atoms with Crippen LogP contribution in [-0.2, 0) is 17.9 Å². The predicted octanol–water partition coefficient (Wildman–Crippen LogP) is 3.76. The second-order valence-electron chi connectivity index (χ2n) is 6.25. The topological polar surface area (TPSA) is 106 Å². The van der Waals surface area contributed by atoms with Gasteiger partial charge in [0.2, 0.25) is 6.33 Å². The molecule has 2 heterocycles. The van der Waals surface area contributed by atoms with Crippen molar-refractivity contribution in [2.24, 2.45) is 0 Å². The van der Waals surface area contributed by atoms with Gasteiger partial charge in [0.15, 0.2) is 10.4 Å². The molecule has 0 atom stereocenters. The van der Waals surface area contributed by atoms with Gasteiger partial charge in [-0.25, -0.2) is 4.79 Å². The molecule has 1 aromatic carbocycles. The third-order valence-electron chi connectivity index (χ3n) is 4.44. The van der Waals surface area contributed by atoms with Crippen LogP contribution < -0.4 is 5.43 Å². The first-order valence-electron chi connectivity index (χ1n) is 8.75. The lowest BCUT2D eigenvalue weighted by Crippen LogP contribution is -2.24. The number of aromatic carboxylic acids is 1. The summed E-state index contributed by atoms with van der Waals surface area (Å²) < 4.78 is 3.29. The molecule has 3 rings (SSSR count). The van der Waals surface area contributed by atoms with Crippen LogP contribution in [0.15, 0.2) is 41.6 Å². The van der Waals surface area contributed by atoms with E-state index in [2.05, 4.69) is 9.82 Å². The van der Waals surface area contributed by atoms with Crippen LogP contribution in [0.2, 0.25) is 10.0 Å². The zero-order valence-corrected chi connectivity index (χ0v) is 17.5. The minimum Gasteiger partial charge on any atom is -0.477 e. The third-order valence-corrected chi connectivity index (χ3v) is 5.18. The number of benzene rings is 1. The smallest absolute Gasteiger partial charge is 0.426 e. The van der Waals surface area contributed by atoms with Gasteiger partial charge >= 0.3 is 11.8 Å². The lowest BCUT2D eigenvalue weighted by atomic mass is 10.0. The molecule has 0 aliphatic carbocycles. The highest BCUT2D eigenvalue weighted by molar-refractivity contribution is 6.42. The van der Waals surface area contributed by atoms with Gasteiger partial charge in [-0.05, 0) is 28.9 Å². The number of carbonyl (C=O) groups is 1. The number of halogens is 2. The Kier molecular flexibility index (Phi) is 6.23. The number of imidazole rings is 1. The molecule has 9 nitrogen and oxygen atoms in total. The molecule has 0 amide bonds. The summed E-state index contributed by atoms with van der Waals surface area (Å²) >= 11 is 12.1. The molecule has 0 saturated heterocycles. The number of hydrogen-bond donors (Lipinski definition) is 1. The van der Waals surface area contributed by atoms with Crippen LogP contribution >= 0.6 is 23.2 Å². The first-order chi connectivity index (χ1) is 14.3. The molecule has 11 heteroatoms. The highest BCUT2D eigenvalue weighted by Gasteiger charge is 2.23. The lowest BCUT2D eigenvalue weighted by Gasteiger charge is -2.20. The molecular weight excluding hydrogens is 435 g/mol. The standard InChI is InChI=1S/C19H16Cl2N4O5/c1-3-24-12(8-23-9-16(22-10-23)25(29)30-2)7-15(26)17(19(27)28)18(24)11-4-5-13(20)14(21)6-11/h4-7,9-10H,3,8H2,1-2H3/p+1. The molecular formula is C19H17Cl2N4O5+. The van der Waals surface area contributed by atoms with E-state index in [1.54, 1.807) is 15.2 Å². The van der Waals surface area contributed by atoms with Crippen molar-refractivity contribution in [3.8, 4) is 11.3 Å². The fraction of sp³-hybridized carbons (Fsp3) is 0.211. The third kappa shape index (κ3) is 4.07. The maximum absolute atomic E-state index is 12.7. The Balaban J connectivity index is 2.20. The molecule has 1 N–H and O–H groups in total. The van der Waals surface area contributed by atoms with Gasteiger partial charge in [0.25, 0.3) is 0 Å². The Bertz CT molecular complexity index is 1200. The number of pyridine rings is 1. The molecule has 3 aromatic rings. The Morgan fingerprint density at radius 3 is 2.60 bits per heavy atom. The fourth-order valence-electron chi connectivity index (χ4n) is 3.15. The summed E-state index contributed by atoms with van der Waals surface area (Å²) in [7, 11) is 1.22. The van der Waals surface area contributed by atoms with E-state index in [1.165, 1.54) is 37.8 Å². The number of carboxylic acids is 1. The van der Waals surface area contributed by atoms with Gasteiger partial charge in [0.05, 0.1) is 22.3 Å². The maximum atomic E-state index is 12.7. The van der Waals surface area contributed by atoms with Crippen molar-refractivity contribution in [3.05, 3.63) is 73.2 Å². The summed E-state index contributed by atoms with van der Waals surface area (Å²) in [5.41, 5.74) is 0.168. The summed E-state index contributed by atoms with van der Waals surface area (Å²) in [5, 5.41) is 10.2. The van der Waals surface area contributed by atoms with E-state index in [-0.39, 0.29) is 33.6 Å². The summed E-state index contributed by atoms with van der Waals surface area (Å²) in [6.45, 7) is 2.37. The highest BCUT2D eigenvalue weighted by atomic mass is 35.5. The second-order valence-corrected chi connectivity index (χ2v) is 7.06. The Morgan fingerprint density at radius 1 is 1.27 bits per heavy atom. The number of aromatic nitrogens is 3. The van der Waals surface area contributed by atoms with Crippen molar-refractivity contribution in [1.82, 2.24) is 14.1 Å². The van der Waals surface area contributed by atoms with E-state index in [0.717, 1.165) is 0 Å². The first-order valence-corrected chi connectivity index (χ1v) is 9.51. The molecule has 156 valence electrons. The number of nitrogens with zero attached hydrogens (tertiary/aromatic N) is 4. The zero-order chi connectivity index (χ0) is 22.0. The molecule has 0 fully saturated rings. The SMILES string of the molecule is CCn1c(Cn2cnc([N+](=O)OC)c2)cc(=O)c(C(=O)O)c1-c1ccc(Cl)c(Cl)c1. The summed E-state index contributed by atoms with van der Waals surface area (Å²) in [5.74, 6) is -1.31. The van der Waals surface area contributed by atoms with E-state index >= 15 is 0 Å². The maximum Gasteiger partial charge on any atom is 0.426 e. The average Bonchev–Trinajstić information content (AvgIpc) is 3.17. The van der Waals surface area contributed by atoms with E-state index in [1.807, 2.05) is 6.92 Å². The normalized spacial score (nSPS) is 10.8. The number of rotatable bonds is 7. The molecule has 0 saturated carbocycles. The molecule has 0 aliphatic rings. The molecule has 0 aliphatic heterocycles. The van der Waals surface area contributed by atoms with Crippen LogP contribution in [0.4, 0.5) is 5.82 Å². The van der Waals surface area contributed by atoms with Crippen LogP contribution in [0.5, 0.6) is 0 Å². The summed E-state index contributed by atoms with van der Waals surface area (Å²) in [6.07, 6.45) is 2.86. The minimum absolute atomic E-state index is 0.0368. The average molecular weight is 452 g/mol. The highest BCUT2D eigenvalue weighted by Crippen LogP contribution is 2.30. The first kappa shape index (κ1) is 21.5. The Labute approximate surface area is 180 Å². The molecule has 0 radical (unpaired) electrons. The van der Waals surface area contributed by atoms with Gasteiger partial charge in [0.1, 0.15) is 18.9 Å². The fourth-order valence-corrected chi connectivity index (χ4v) is 3.45. The van der Waals surface area contributed by atoms with Crippen molar-refractivity contribution < 1.29 is 19.7 Å². The zero-order valence-electron chi connectivity index (χ0n) is 16.0. The van der Waals surface area contributed by atoms with Crippen LogP contribution in [-0.4, -0.2) is 37.2 Å². The van der Waals surface area contributed by atoms with Gasteiger partial charge in [0, 0.05) is 23.9 Å². The van der Waals surface area contributed by atoms with Gasteiger partial charge in [-0.1, -0.05) is 29.3 Å². The van der Waals surface area contributed by atoms with Gasteiger partial charge in [-0.2, -0.15) is 0 Å². The Morgan fingerprint density at radius 2 is 2.00 bits per heavy atom. The Hall–Kier alpha value is -3.17. The van der Waals surface area contributed by atoms with Crippen molar-refractivity contribution >= 4 is 35.0 Å². The van der Waals surface area contributed by atoms with Gasteiger partial charge < -0.3 is 19.1 Å². The van der Waals surface area contributed by atoms with Crippen LogP contribution in [0.25, 0.3) is 11.3 Å². The van der Waals surface area contributed by atoms with Crippen LogP contribution in [0, 0.1) is 4.91 Å². The summed E-state index contributed by atoms with van der Waals surface area (Å²) in [4.78, 5) is 44.9. The monoisotopic (exact) mass is 451 g/mol. The molecule has 2 aromatic heterocycles. The molecule has 30 heavy (non-hydrogen) atoms. The molecule has 0 bridgehead atoms. The van der Waals surface area contributed by atoms with Gasteiger partial charge in [-0.15, -0.1) is 0 Å². The largest absolute Gasteiger partial charge is 0.477 e. The summed E-state index contributed by atoms with van der Waals surface area (Å²) in [6, 6.07) is 5.93. The van der Waals surface area contributed by atoms with Gasteiger partial charge in [-0.3, -0.25) is 4.79 Å². The van der Waals surface area contributed by atoms with E-state index in [0.29, 0.717) is 22.8 Å². The quantitative estimate of drug-likeness (QED) is 0.548. The van der Waals surface area contributed by atoms with Crippen molar-refractivity contribution in [2.75, 3.05) is 7.11 Å². The van der Waals surface area contributed by atoms with E-state index in [4.69, 9.17) is 23.2 Å². The molecule has 0 unspecified atom stereocenters. The van der Waals surface area contributed by atoms with Crippen LogP contribution in [0.3, 0.4) is 0 Å². The van der Waals surface area contributed by atoms with Crippen molar-refractivity contribution in [1.29, 1.82) is 0 Å². The van der Waals surface area contributed by atoms with Crippen LogP contribution in [0.1, 0.15) is 23.0 Å². The van der Waals surface area contributed by atoms with Crippen molar-refractivity contribution in [3.63, 3.8) is 0 Å². The second kappa shape index (κ2) is 8.68. The van der Waals surface area contributed by atoms with E-state index in [9.17, 15) is 19.6 Å². The lowest BCUT2D eigenvalue weighted by molar-refractivity contribution is -0.739. The number of hydrogen-bond acceptors (Lipinski definition) is 5. The molecule has 0 spiro atoms. The van der Waals surface area contributed by atoms with E-state index < -0.39 is 11.4 Å². The predicted molar refractivity (Wildman–Crippen MR) is 110 cm³/mol.